The molecular weight excluding hydrogens is 403 g/mol. The molecule has 0 saturated heterocycles. The first-order chi connectivity index (χ1) is 15.6. The standard InChI is InChI=1S/C26H25FN4O/c1-30(17-21-16-28-31(19-21)18-20-8-4-2-5-9-20)25(22-10-6-3-7-11-22)26(32)29-24-14-12-23(27)13-15-24/h2-16,19,25H,17-18H2,1H3,(H,29,32). The van der Waals surface area contributed by atoms with Crippen molar-refractivity contribution < 1.29 is 9.18 Å². The van der Waals surface area contributed by atoms with Crippen LogP contribution in [0, 0.1) is 5.82 Å². The van der Waals surface area contributed by atoms with Crippen molar-refractivity contribution >= 4 is 11.6 Å². The number of likely N-dealkylation sites (N-methyl/N-ethyl adjacent to an activating group) is 1. The fourth-order valence-corrected chi connectivity index (χ4v) is 3.71. The van der Waals surface area contributed by atoms with Crippen LogP contribution in [0.3, 0.4) is 0 Å². The maximum absolute atomic E-state index is 13.2. The Kier molecular flexibility index (Phi) is 6.72. The van der Waals surface area contributed by atoms with Gasteiger partial charge in [-0.2, -0.15) is 5.10 Å². The lowest BCUT2D eigenvalue weighted by atomic mass is 10.0. The molecule has 0 saturated carbocycles. The molecule has 0 fully saturated rings. The fourth-order valence-electron chi connectivity index (χ4n) is 3.71. The maximum atomic E-state index is 13.2. The van der Waals surface area contributed by atoms with E-state index in [1.165, 1.54) is 17.7 Å². The molecule has 32 heavy (non-hydrogen) atoms. The highest BCUT2D eigenvalue weighted by molar-refractivity contribution is 5.95. The van der Waals surface area contributed by atoms with Gasteiger partial charge in [0, 0.05) is 24.0 Å². The van der Waals surface area contributed by atoms with Gasteiger partial charge in [0.1, 0.15) is 11.9 Å². The van der Waals surface area contributed by atoms with Crippen LogP contribution in [0.5, 0.6) is 0 Å². The first kappa shape index (κ1) is 21.5. The molecule has 0 bridgehead atoms. The minimum atomic E-state index is -0.515. The molecule has 5 nitrogen and oxygen atoms in total. The van der Waals surface area contributed by atoms with Crippen LogP contribution in [-0.2, 0) is 17.9 Å². The van der Waals surface area contributed by atoms with Crippen molar-refractivity contribution in [2.75, 3.05) is 12.4 Å². The average Bonchev–Trinajstić information content (AvgIpc) is 3.23. The molecule has 3 aromatic carbocycles. The summed E-state index contributed by atoms with van der Waals surface area (Å²) >= 11 is 0. The number of amides is 1. The van der Waals surface area contributed by atoms with Gasteiger partial charge in [0.05, 0.1) is 12.7 Å². The molecule has 0 aliphatic carbocycles. The molecule has 0 spiro atoms. The van der Waals surface area contributed by atoms with E-state index in [1.54, 1.807) is 12.1 Å². The number of nitrogens with zero attached hydrogens (tertiary/aromatic N) is 3. The van der Waals surface area contributed by atoms with Crippen LogP contribution < -0.4 is 5.32 Å². The Morgan fingerprint density at radius 1 is 0.969 bits per heavy atom. The van der Waals surface area contributed by atoms with Gasteiger partial charge in [-0.15, -0.1) is 0 Å². The van der Waals surface area contributed by atoms with E-state index in [0.717, 1.165) is 11.1 Å². The third kappa shape index (κ3) is 5.47. The van der Waals surface area contributed by atoms with E-state index < -0.39 is 6.04 Å². The normalized spacial score (nSPS) is 12.0. The minimum absolute atomic E-state index is 0.179. The Morgan fingerprint density at radius 3 is 2.31 bits per heavy atom. The smallest absolute Gasteiger partial charge is 0.246 e. The van der Waals surface area contributed by atoms with Gasteiger partial charge in [-0.05, 0) is 42.4 Å². The van der Waals surface area contributed by atoms with E-state index in [2.05, 4.69) is 22.5 Å². The van der Waals surface area contributed by atoms with E-state index in [9.17, 15) is 9.18 Å². The molecule has 4 aromatic rings. The van der Waals surface area contributed by atoms with Crippen molar-refractivity contribution in [1.82, 2.24) is 14.7 Å². The number of halogens is 1. The minimum Gasteiger partial charge on any atom is -0.324 e. The highest BCUT2D eigenvalue weighted by Crippen LogP contribution is 2.23. The number of hydrogen-bond donors (Lipinski definition) is 1. The molecule has 1 aromatic heterocycles. The summed E-state index contributed by atoms with van der Waals surface area (Å²) in [5.41, 5.74) is 3.63. The van der Waals surface area contributed by atoms with Gasteiger partial charge in [-0.25, -0.2) is 4.39 Å². The summed E-state index contributed by atoms with van der Waals surface area (Å²) in [5, 5.41) is 7.38. The number of rotatable bonds is 8. The number of carbonyl (C=O) groups is 1. The average molecular weight is 429 g/mol. The Balaban J connectivity index is 1.50. The lowest BCUT2D eigenvalue weighted by Crippen LogP contribution is -2.34. The summed E-state index contributed by atoms with van der Waals surface area (Å²) in [6.07, 6.45) is 3.84. The van der Waals surface area contributed by atoms with E-state index >= 15 is 0 Å². The molecule has 4 rings (SSSR count). The van der Waals surface area contributed by atoms with E-state index in [4.69, 9.17) is 0 Å². The molecule has 1 heterocycles. The predicted molar refractivity (Wildman–Crippen MR) is 123 cm³/mol. The number of hydrogen-bond acceptors (Lipinski definition) is 3. The molecule has 1 amide bonds. The first-order valence-corrected chi connectivity index (χ1v) is 10.5. The summed E-state index contributed by atoms with van der Waals surface area (Å²) in [6.45, 7) is 1.24. The molecular formula is C26H25FN4O. The third-order valence-corrected chi connectivity index (χ3v) is 5.22. The zero-order chi connectivity index (χ0) is 22.3. The number of carbonyl (C=O) groups excluding carboxylic acids is 1. The number of benzene rings is 3. The number of aromatic nitrogens is 2. The van der Waals surface area contributed by atoms with E-state index in [1.807, 2.05) is 77.6 Å². The fraction of sp³-hybridized carbons (Fsp3) is 0.154. The Bertz CT molecular complexity index is 1140. The van der Waals surface area contributed by atoms with Crippen molar-refractivity contribution in [3.63, 3.8) is 0 Å². The summed E-state index contributed by atoms with van der Waals surface area (Å²) in [7, 11) is 1.91. The Morgan fingerprint density at radius 2 is 1.62 bits per heavy atom. The largest absolute Gasteiger partial charge is 0.324 e. The molecule has 1 unspecified atom stereocenters. The zero-order valence-corrected chi connectivity index (χ0v) is 17.9. The lowest BCUT2D eigenvalue weighted by Gasteiger charge is -2.27. The van der Waals surface area contributed by atoms with E-state index in [0.29, 0.717) is 18.8 Å². The van der Waals surface area contributed by atoms with Gasteiger partial charge in [0.15, 0.2) is 0 Å². The second-order valence-corrected chi connectivity index (χ2v) is 7.76. The third-order valence-electron chi connectivity index (χ3n) is 5.22. The lowest BCUT2D eigenvalue weighted by molar-refractivity contribution is -0.121. The highest BCUT2D eigenvalue weighted by atomic mass is 19.1. The van der Waals surface area contributed by atoms with Gasteiger partial charge >= 0.3 is 0 Å². The van der Waals surface area contributed by atoms with Crippen molar-refractivity contribution in [2.24, 2.45) is 0 Å². The Labute approximate surface area is 187 Å². The van der Waals surface area contributed by atoms with E-state index in [-0.39, 0.29) is 11.7 Å². The van der Waals surface area contributed by atoms with Crippen LogP contribution in [0.1, 0.15) is 22.7 Å². The van der Waals surface area contributed by atoms with Crippen LogP contribution >= 0.6 is 0 Å². The van der Waals surface area contributed by atoms with Crippen LogP contribution in [0.4, 0.5) is 10.1 Å². The summed E-state index contributed by atoms with van der Waals surface area (Å²) in [6, 6.07) is 25.0. The topological polar surface area (TPSA) is 50.2 Å². The van der Waals surface area contributed by atoms with Crippen molar-refractivity contribution in [3.8, 4) is 0 Å². The molecule has 0 radical (unpaired) electrons. The van der Waals surface area contributed by atoms with Crippen LogP contribution in [0.15, 0.2) is 97.3 Å². The maximum Gasteiger partial charge on any atom is 0.246 e. The van der Waals surface area contributed by atoms with Gasteiger partial charge < -0.3 is 5.32 Å². The molecule has 1 N–H and O–H groups in total. The van der Waals surface area contributed by atoms with Crippen LogP contribution in [-0.4, -0.2) is 27.6 Å². The van der Waals surface area contributed by atoms with Crippen molar-refractivity contribution in [1.29, 1.82) is 0 Å². The van der Waals surface area contributed by atoms with Crippen LogP contribution in [0.2, 0.25) is 0 Å². The second-order valence-electron chi connectivity index (χ2n) is 7.76. The van der Waals surface area contributed by atoms with Gasteiger partial charge in [-0.1, -0.05) is 60.7 Å². The number of nitrogens with one attached hydrogen (secondary N) is 1. The molecule has 6 heteroatoms. The zero-order valence-electron chi connectivity index (χ0n) is 17.9. The summed E-state index contributed by atoms with van der Waals surface area (Å²) < 4.78 is 15.1. The van der Waals surface area contributed by atoms with Crippen LogP contribution in [0.25, 0.3) is 0 Å². The van der Waals surface area contributed by atoms with Gasteiger partial charge in [0.25, 0.3) is 0 Å². The monoisotopic (exact) mass is 428 g/mol. The molecule has 0 aliphatic rings. The predicted octanol–water partition coefficient (Wildman–Crippen LogP) is 4.88. The van der Waals surface area contributed by atoms with Crippen molar-refractivity contribution in [3.05, 3.63) is 120 Å². The quantitative estimate of drug-likeness (QED) is 0.435. The molecule has 1 atom stereocenters. The SMILES string of the molecule is CN(Cc1cnn(Cc2ccccc2)c1)C(C(=O)Nc1ccc(F)cc1)c1ccccc1. The second kappa shape index (κ2) is 10.0. The summed E-state index contributed by atoms with van der Waals surface area (Å²) in [5.74, 6) is -0.519. The van der Waals surface area contributed by atoms with Gasteiger partial charge in [-0.3, -0.25) is 14.4 Å². The molecule has 162 valence electrons. The van der Waals surface area contributed by atoms with Crippen molar-refractivity contribution in [2.45, 2.75) is 19.1 Å². The molecule has 0 aliphatic heterocycles. The number of anilines is 1. The summed E-state index contributed by atoms with van der Waals surface area (Å²) in [4.78, 5) is 15.2. The first-order valence-electron chi connectivity index (χ1n) is 10.5. The Hall–Kier alpha value is -3.77. The van der Waals surface area contributed by atoms with Gasteiger partial charge in [0.2, 0.25) is 5.91 Å². The highest BCUT2D eigenvalue weighted by Gasteiger charge is 2.25.